The number of para-hydroxylation sites is 1. The predicted octanol–water partition coefficient (Wildman–Crippen LogP) is 3.08. The van der Waals surface area contributed by atoms with Crippen LogP contribution in [0.4, 0.5) is 5.82 Å². The van der Waals surface area contributed by atoms with Gasteiger partial charge >= 0.3 is 0 Å². The van der Waals surface area contributed by atoms with E-state index in [1.807, 2.05) is 45.0 Å². The maximum absolute atomic E-state index is 12.6. The van der Waals surface area contributed by atoms with E-state index in [0.29, 0.717) is 23.3 Å². The Morgan fingerprint density at radius 3 is 2.48 bits per heavy atom. The van der Waals surface area contributed by atoms with Crippen molar-refractivity contribution in [2.24, 2.45) is 0 Å². The number of carbonyl (C=O) groups is 1. The third kappa shape index (κ3) is 3.20. The summed E-state index contributed by atoms with van der Waals surface area (Å²) in [6.07, 6.45) is 0.288. The topological polar surface area (TPSA) is 91.2 Å². The number of anilines is 1. The first-order chi connectivity index (χ1) is 13.9. The molecular weight excluding hydrogens is 370 g/mol. The van der Waals surface area contributed by atoms with Gasteiger partial charge in [0.05, 0.1) is 19.9 Å². The molecule has 1 unspecified atom stereocenters. The molecule has 150 valence electrons. The Labute approximate surface area is 168 Å². The van der Waals surface area contributed by atoms with Crippen molar-refractivity contribution in [2.75, 3.05) is 19.5 Å². The van der Waals surface area contributed by atoms with Crippen LogP contribution >= 0.6 is 0 Å². The number of fused-ring (bicyclic) bond motifs is 1. The van der Waals surface area contributed by atoms with Crippen molar-refractivity contribution in [1.82, 2.24) is 19.7 Å². The molecule has 0 fully saturated rings. The Bertz CT molecular complexity index is 1090. The Morgan fingerprint density at radius 1 is 1.10 bits per heavy atom. The van der Waals surface area contributed by atoms with Crippen LogP contribution in [-0.2, 0) is 4.79 Å². The van der Waals surface area contributed by atoms with Gasteiger partial charge in [0.1, 0.15) is 5.82 Å². The average molecular weight is 393 g/mol. The zero-order valence-electron chi connectivity index (χ0n) is 17.1. The molecule has 8 heteroatoms. The van der Waals surface area contributed by atoms with Gasteiger partial charge < -0.3 is 14.8 Å². The molecule has 0 saturated heterocycles. The van der Waals surface area contributed by atoms with Gasteiger partial charge in [0.15, 0.2) is 11.5 Å². The lowest BCUT2D eigenvalue weighted by atomic mass is 9.85. The van der Waals surface area contributed by atoms with Crippen LogP contribution in [0.2, 0.25) is 0 Å². The van der Waals surface area contributed by atoms with E-state index in [-0.39, 0.29) is 18.2 Å². The standard InChI is InChI=1S/C21H23N5O3/c1-11-9-12(2)23-21(22-11)26-20-18(13(3)25-26)15(10-17(27)24-20)14-7-6-8-16(28-4)19(14)29-5/h6-9,15H,10H2,1-5H3,(H,24,27). The van der Waals surface area contributed by atoms with Gasteiger partial charge in [-0.05, 0) is 32.9 Å². The van der Waals surface area contributed by atoms with E-state index < -0.39 is 0 Å². The van der Waals surface area contributed by atoms with Gasteiger partial charge in [0.25, 0.3) is 5.95 Å². The molecule has 3 aromatic rings. The van der Waals surface area contributed by atoms with Crippen molar-refractivity contribution in [3.8, 4) is 17.4 Å². The highest BCUT2D eigenvalue weighted by atomic mass is 16.5. The lowest BCUT2D eigenvalue weighted by Crippen LogP contribution is -2.25. The van der Waals surface area contributed by atoms with Gasteiger partial charge in [-0.3, -0.25) is 4.79 Å². The van der Waals surface area contributed by atoms with Gasteiger partial charge in [-0.1, -0.05) is 12.1 Å². The van der Waals surface area contributed by atoms with E-state index in [1.165, 1.54) is 0 Å². The quantitative estimate of drug-likeness (QED) is 0.732. The third-order valence-electron chi connectivity index (χ3n) is 5.07. The number of rotatable bonds is 4. The maximum Gasteiger partial charge on any atom is 0.252 e. The number of carbonyl (C=O) groups excluding carboxylic acids is 1. The number of nitrogens with zero attached hydrogens (tertiary/aromatic N) is 4. The minimum atomic E-state index is -0.219. The summed E-state index contributed by atoms with van der Waals surface area (Å²) in [4.78, 5) is 21.6. The Hall–Kier alpha value is -3.42. The van der Waals surface area contributed by atoms with E-state index in [1.54, 1.807) is 18.9 Å². The molecule has 1 atom stereocenters. The largest absolute Gasteiger partial charge is 0.493 e. The monoisotopic (exact) mass is 393 g/mol. The first-order valence-corrected chi connectivity index (χ1v) is 9.35. The molecule has 0 aliphatic carbocycles. The van der Waals surface area contributed by atoms with Crippen LogP contribution in [-0.4, -0.2) is 39.9 Å². The van der Waals surface area contributed by atoms with Crippen molar-refractivity contribution >= 4 is 11.7 Å². The highest BCUT2D eigenvalue weighted by Gasteiger charge is 2.35. The average Bonchev–Trinajstić information content (AvgIpc) is 3.02. The number of ether oxygens (including phenoxy) is 2. The minimum Gasteiger partial charge on any atom is -0.493 e. The van der Waals surface area contributed by atoms with Crippen molar-refractivity contribution in [2.45, 2.75) is 33.1 Å². The second-order valence-corrected chi connectivity index (χ2v) is 7.10. The van der Waals surface area contributed by atoms with Crippen LogP contribution in [0.15, 0.2) is 24.3 Å². The fourth-order valence-electron chi connectivity index (χ4n) is 3.95. The van der Waals surface area contributed by atoms with E-state index in [9.17, 15) is 4.79 Å². The number of aryl methyl sites for hydroxylation is 3. The summed E-state index contributed by atoms with van der Waals surface area (Å²) in [5.41, 5.74) is 4.29. The molecule has 1 amide bonds. The van der Waals surface area contributed by atoms with E-state index >= 15 is 0 Å². The van der Waals surface area contributed by atoms with E-state index in [2.05, 4.69) is 20.4 Å². The molecule has 0 radical (unpaired) electrons. The maximum atomic E-state index is 12.6. The number of nitrogens with one attached hydrogen (secondary N) is 1. The number of hydrogen-bond acceptors (Lipinski definition) is 6. The van der Waals surface area contributed by atoms with E-state index in [0.717, 1.165) is 28.2 Å². The minimum absolute atomic E-state index is 0.0992. The second-order valence-electron chi connectivity index (χ2n) is 7.10. The molecule has 0 bridgehead atoms. The molecule has 1 aliphatic rings. The lowest BCUT2D eigenvalue weighted by Gasteiger charge is -2.26. The summed E-state index contributed by atoms with van der Waals surface area (Å²) in [5, 5.41) is 7.62. The van der Waals surface area contributed by atoms with Gasteiger partial charge in [0.2, 0.25) is 5.91 Å². The molecule has 29 heavy (non-hydrogen) atoms. The molecule has 0 spiro atoms. The van der Waals surface area contributed by atoms with Crippen LogP contribution in [0.3, 0.4) is 0 Å². The number of benzene rings is 1. The van der Waals surface area contributed by atoms with Crippen molar-refractivity contribution in [3.63, 3.8) is 0 Å². The summed E-state index contributed by atoms with van der Waals surface area (Å²) in [6.45, 7) is 5.74. The van der Waals surface area contributed by atoms with Crippen LogP contribution in [0.1, 0.15) is 40.5 Å². The van der Waals surface area contributed by atoms with Crippen LogP contribution in [0.25, 0.3) is 5.95 Å². The summed E-state index contributed by atoms with van der Waals surface area (Å²) < 4.78 is 12.7. The van der Waals surface area contributed by atoms with Crippen LogP contribution in [0.5, 0.6) is 11.5 Å². The second kappa shape index (κ2) is 7.20. The molecule has 2 aromatic heterocycles. The molecule has 1 N–H and O–H groups in total. The van der Waals surface area contributed by atoms with Crippen LogP contribution < -0.4 is 14.8 Å². The Kier molecular flexibility index (Phi) is 4.70. The molecule has 1 aromatic carbocycles. The number of hydrogen-bond donors (Lipinski definition) is 1. The Balaban J connectivity index is 1.92. The summed E-state index contributed by atoms with van der Waals surface area (Å²) in [7, 11) is 3.20. The van der Waals surface area contributed by atoms with Gasteiger partial charge in [-0.15, -0.1) is 0 Å². The molecule has 3 heterocycles. The zero-order chi connectivity index (χ0) is 20.7. The SMILES string of the molecule is COc1cccc(C2CC(=O)Nc3c2c(C)nn3-c2nc(C)cc(C)n2)c1OC. The van der Waals surface area contributed by atoms with E-state index in [4.69, 9.17) is 9.47 Å². The van der Waals surface area contributed by atoms with Crippen LogP contribution in [0, 0.1) is 20.8 Å². The number of methoxy groups -OCH3 is 2. The van der Waals surface area contributed by atoms with Gasteiger partial charge in [0, 0.05) is 34.9 Å². The van der Waals surface area contributed by atoms with Crippen molar-refractivity contribution in [1.29, 1.82) is 0 Å². The predicted molar refractivity (Wildman–Crippen MR) is 108 cm³/mol. The lowest BCUT2D eigenvalue weighted by molar-refractivity contribution is -0.116. The van der Waals surface area contributed by atoms with Gasteiger partial charge in [-0.2, -0.15) is 9.78 Å². The fourth-order valence-corrected chi connectivity index (χ4v) is 3.95. The fraction of sp³-hybridized carbons (Fsp3) is 0.333. The normalized spacial score (nSPS) is 15.6. The summed E-state index contributed by atoms with van der Waals surface area (Å²) in [6, 6.07) is 7.59. The molecular formula is C21H23N5O3. The molecule has 1 aliphatic heterocycles. The molecule has 8 nitrogen and oxygen atoms in total. The smallest absolute Gasteiger partial charge is 0.252 e. The first kappa shape index (κ1) is 18.9. The number of aromatic nitrogens is 4. The zero-order valence-corrected chi connectivity index (χ0v) is 17.1. The summed E-state index contributed by atoms with van der Waals surface area (Å²) >= 11 is 0. The molecule has 4 rings (SSSR count). The van der Waals surface area contributed by atoms with Crippen molar-refractivity contribution < 1.29 is 14.3 Å². The summed E-state index contributed by atoms with van der Waals surface area (Å²) in [5.74, 6) is 1.96. The third-order valence-corrected chi connectivity index (χ3v) is 5.07. The highest BCUT2D eigenvalue weighted by Crippen LogP contribution is 2.45. The molecule has 0 saturated carbocycles. The van der Waals surface area contributed by atoms with Gasteiger partial charge in [-0.25, -0.2) is 9.97 Å². The highest BCUT2D eigenvalue weighted by molar-refractivity contribution is 5.95. The Morgan fingerprint density at radius 2 is 1.83 bits per heavy atom. The first-order valence-electron chi connectivity index (χ1n) is 9.35. The number of amides is 1. The van der Waals surface area contributed by atoms with Crippen molar-refractivity contribution in [3.05, 3.63) is 52.5 Å².